The summed E-state index contributed by atoms with van der Waals surface area (Å²) in [4.78, 5) is 10.2. The number of hydrogen-bond donors (Lipinski definition) is 0. The first-order valence-electron chi connectivity index (χ1n) is 7.09. The molecule has 0 saturated carbocycles. The van der Waals surface area contributed by atoms with Crippen molar-refractivity contribution in [1.82, 2.24) is 14.0 Å². The molecule has 27 heavy (non-hydrogen) atoms. The van der Waals surface area contributed by atoms with Crippen molar-refractivity contribution in [2.75, 3.05) is 42.3 Å². The summed E-state index contributed by atoms with van der Waals surface area (Å²) in [5.74, 6) is 0.611. The number of rotatable bonds is 6. The minimum atomic E-state index is -10.7. The fraction of sp³-hybridized carbons (Fsp3) is 0.500. The van der Waals surface area contributed by atoms with E-state index >= 15 is 0 Å². The molecule has 0 N–H and O–H groups in total. The van der Waals surface area contributed by atoms with Crippen LogP contribution in [-0.4, -0.2) is 61.2 Å². The normalized spacial score (nSPS) is 15.1. The second-order valence-electron chi connectivity index (χ2n) is 5.86. The topological polar surface area (TPSA) is 62.1 Å². The second kappa shape index (κ2) is 7.63. The van der Waals surface area contributed by atoms with E-state index in [4.69, 9.17) is 4.52 Å². The predicted molar refractivity (Wildman–Crippen MR) is 95.3 cm³/mol. The summed E-state index contributed by atoms with van der Waals surface area (Å²) in [5, 5.41) is 10.7. The fourth-order valence-corrected chi connectivity index (χ4v) is 5.13. The van der Waals surface area contributed by atoms with E-state index in [0.29, 0.717) is 5.75 Å². The standard InChI is InChI=1S/C12H22N4O3P.F6P/c1-13(2)20(14(3)4,15(5)6)19-12-9-7-11(8-10-12)16(17)18;1-7(2,3,4,5)6/h7-10H,1-6H3;/q+1;-1. The molecule has 0 saturated heterocycles. The number of nitro groups is 1. The van der Waals surface area contributed by atoms with Gasteiger partial charge in [0.05, 0.1) is 4.92 Å². The Kier molecular flexibility index (Phi) is 7.28. The zero-order chi connectivity index (χ0) is 21.9. The molecular weight excluding hydrogens is 424 g/mol. The van der Waals surface area contributed by atoms with Crippen LogP contribution in [0.15, 0.2) is 24.3 Å². The van der Waals surface area contributed by atoms with Crippen molar-refractivity contribution < 1.29 is 34.6 Å². The summed E-state index contributed by atoms with van der Waals surface area (Å²) in [5.41, 5.74) is 0.0563. The summed E-state index contributed by atoms with van der Waals surface area (Å²) in [7, 11) is -1.05. The summed E-state index contributed by atoms with van der Waals surface area (Å²) in [6.45, 7) is 0. The Morgan fingerprint density at radius 3 is 1.37 bits per heavy atom. The van der Waals surface area contributed by atoms with Crippen molar-refractivity contribution in [1.29, 1.82) is 0 Å². The third-order valence-corrected chi connectivity index (χ3v) is 6.42. The number of nitro benzene ring substituents is 1. The van der Waals surface area contributed by atoms with Gasteiger partial charge in [-0.25, -0.2) is 0 Å². The molecule has 0 aliphatic heterocycles. The first-order valence-corrected chi connectivity index (χ1v) is 10.7. The summed E-state index contributed by atoms with van der Waals surface area (Å²) < 4.78 is 71.5. The molecule has 160 valence electrons. The third-order valence-electron chi connectivity index (χ3n) is 2.84. The number of hydrogen-bond acceptors (Lipinski definition) is 6. The molecule has 0 bridgehead atoms. The first-order chi connectivity index (χ1) is 11.7. The molecule has 0 aliphatic rings. The molecule has 0 spiro atoms. The number of nitrogens with zero attached hydrogens (tertiary/aromatic N) is 4. The van der Waals surface area contributed by atoms with Gasteiger partial charge in [-0.2, -0.15) is 0 Å². The predicted octanol–water partition coefficient (Wildman–Crippen LogP) is 5.72. The molecule has 1 aromatic carbocycles. The van der Waals surface area contributed by atoms with E-state index in [9.17, 15) is 35.3 Å². The van der Waals surface area contributed by atoms with Gasteiger partial charge >= 0.3 is 40.9 Å². The van der Waals surface area contributed by atoms with E-state index in [1.807, 2.05) is 56.3 Å². The van der Waals surface area contributed by atoms with Crippen LogP contribution >= 0.6 is 15.8 Å². The van der Waals surface area contributed by atoms with Crippen molar-refractivity contribution >= 4 is 21.4 Å². The van der Waals surface area contributed by atoms with Gasteiger partial charge in [-0.05, 0) is 12.1 Å². The van der Waals surface area contributed by atoms with Crippen LogP contribution in [0, 0.1) is 10.1 Å². The maximum atomic E-state index is 10.7. The number of benzene rings is 1. The first kappa shape index (κ1) is 25.7. The van der Waals surface area contributed by atoms with E-state index in [0.717, 1.165) is 0 Å². The third kappa shape index (κ3) is 10.0. The second-order valence-corrected chi connectivity index (χ2v) is 11.4. The van der Waals surface area contributed by atoms with Crippen molar-refractivity contribution in [2.24, 2.45) is 0 Å². The van der Waals surface area contributed by atoms with Gasteiger partial charge in [-0.1, -0.05) is 0 Å². The van der Waals surface area contributed by atoms with Gasteiger partial charge in [-0.15, -0.1) is 14.0 Å². The fourth-order valence-electron chi connectivity index (χ4n) is 2.09. The van der Waals surface area contributed by atoms with Gasteiger partial charge < -0.3 is 0 Å². The SMILES string of the molecule is CN(C)[P+](Oc1ccc([N+](=O)[O-])cc1)(N(C)C)N(C)C.F[P-](F)(F)(F)(F)F. The quantitative estimate of drug-likeness (QED) is 0.241. The van der Waals surface area contributed by atoms with Crippen LogP contribution in [0.1, 0.15) is 0 Å². The van der Waals surface area contributed by atoms with Crippen LogP contribution < -0.4 is 4.52 Å². The van der Waals surface area contributed by atoms with Crippen LogP contribution in [-0.2, 0) is 0 Å². The van der Waals surface area contributed by atoms with Crippen LogP contribution in [0.3, 0.4) is 0 Å². The van der Waals surface area contributed by atoms with E-state index in [-0.39, 0.29) is 5.69 Å². The Labute approximate surface area is 153 Å². The van der Waals surface area contributed by atoms with E-state index in [1.54, 1.807) is 12.1 Å². The van der Waals surface area contributed by atoms with Gasteiger partial charge in [0.15, 0.2) is 5.75 Å². The molecule has 1 aromatic rings. The monoisotopic (exact) mass is 446 g/mol. The average Bonchev–Trinajstić information content (AvgIpc) is 2.40. The zero-order valence-electron chi connectivity index (χ0n) is 15.5. The van der Waals surface area contributed by atoms with Crippen LogP contribution in [0.5, 0.6) is 5.75 Å². The molecule has 7 nitrogen and oxygen atoms in total. The Bertz CT molecular complexity index is 620. The molecule has 0 aliphatic carbocycles. The Morgan fingerprint density at radius 2 is 1.15 bits per heavy atom. The van der Waals surface area contributed by atoms with Gasteiger partial charge in [-0.3, -0.25) is 14.6 Å². The Balaban J connectivity index is 0.000000821. The molecule has 0 heterocycles. The van der Waals surface area contributed by atoms with Crippen LogP contribution in [0.25, 0.3) is 0 Å². The molecule has 15 heteroatoms. The van der Waals surface area contributed by atoms with Crippen molar-refractivity contribution in [3.05, 3.63) is 34.4 Å². The Hall–Kier alpha value is -1.26. The molecule has 0 radical (unpaired) electrons. The molecular formula is C12H22F6N4O3P2. The van der Waals surface area contributed by atoms with Gasteiger partial charge in [0.2, 0.25) is 0 Å². The molecule has 0 amide bonds. The molecule has 0 fully saturated rings. The molecule has 0 aromatic heterocycles. The van der Waals surface area contributed by atoms with Crippen molar-refractivity contribution in [3.8, 4) is 5.75 Å². The minimum absolute atomic E-state index is 0.0563. The van der Waals surface area contributed by atoms with Gasteiger partial charge in [0, 0.05) is 54.4 Å². The molecule has 0 unspecified atom stereocenters. The number of halogens is 6. The summed E-state index contributed by atoms with van der Waals surface area (Å²) in [6, 6.07) is 6.16. The van der Waals surface area contributed by atoms with E-state index < -0.39 is 20.7 Å². The van der Waals surface area contributed by atoms with Crippen molar-refractivity contribution in [3.63, 3.8) is 0 Å². The Morgan fingerprint density at radius 1 is 0.852 bits per heavy atom. The maximum absolute atomic E-state index is 10.7. The number of non-ortho nitro benzene ring substituents is 1. The van der Waals surface area contributed by atoms with E-state index in [2.05, 4.69) is 0 Å². The van der Waals surface area contributed by atoms with Crippen LogP contribution in [0.4, 0.5) is 30.9 Å². The average molecular weight is 446 g/mol. The van der Waals surface area contributed by atoms with Gasteiger partial charge in [0.25, 0.3) is 5.69 Å². The molecule has 1 rings (SSSR count). The van der Waals surface area contributed by atoms with E-state index in [1.165, 1.54) is 12.1 Å². The van der Waals surface area contributed by atoms with Crippen LogP contribution in [0.2, 0.25) is 0 Å². The zero-order valence-corrected chi connectivity index (χ0v) is 17.3. The van der Waals surface area contributed by atoms with Gasteiger partial charge in [0.1, 0.15) is 0 Å². The van der Waals surface area contributed by atoms with Crippen molar-refractivity contribution in [2.45, 2.75) is 0 Å². The summed E-state index contributed by atoms with van der Waals surface area (Å²) >= 11 is 0. The summed E-state index contributed by atoms with van der Waals surface area (Å²) in [6.07, 6.45) is 0. The molecule has 0 atom stereocenters.